The van der Waals surface area contributed by atoms with Crippen molar-refractivity contribution < 1.29 is 18.0 Å². The molecule has 0 aliphatic rings. The zero-order valence-electron chi connectivity index (χ0n) is 19.5. The van der Waals surface area contributed by atoms with Crippen LogP contribution in [0, 0.1) is 17.5 Å². The number of carbonyl (C=O) groups is 1. The van der Waals surface area contributed by atoms with Gasteiger partial charge in [-0.15, -0.1) is 0 Å². The highest BCUT2D eigenvalue weighted by Gasteiger charge is 2.14. The first-order chi connectivity index (χ1) is 17.9. The fraction of sp³-hybridized carbons (Fsp3) is 0.154. The number of benzene rings is 2. The van der Waals surface area contributed by atoms with Gasteiger partial charge in [0.25, 0.3) is 5.56 Å². The van der Waals surface area contributed by atoms with Crippen LogP contribution in [0.2, 0.25) is 0 Å². The number of aromatic amines is 1. The molecule has 37 heavy (non-hydrogen) atoms. The Morgan fingerprint density at radius 3 is 2.46 bits per heavy atom. The van der Waals surface area contributed by atoms with Gasteiger partial charge in [0.1, 0.15) is 5.82 Å². The molecule has 0 unspecified atom stereocenters. The number of hydrogen-bond donors (Lipinski definition) is 4. The highest BCUT2D eigenvalue weighted by Crippen LogP contribution is 2.19. The molecular formula is C26H23F3N6O2. The molecule has 2 aromatic heterocycles. The lowest BCUT2D eigenvalue weighted by Gasteiger charge is -2.09. The van der Waals surface area contributed by atoms with E-state index in [-0.39, 0.29) is 11.5 Å². The lowest BCUT2D eigenvalue weighted by molar-refractivity contribution is 0.262. The molecule has 4 rings (SSSR count). The van der Waals surface area contributed by atoms with Gasteiger partial charge >= 0.3 is 6.03 Å². The molecule has 0 aliphatic heterocycles. The molecule has 0 saturated carbocycles. The fourth-order valence-corrected chi connectivity index (χ4v) is 3.55. The number of nitrogens with one attached hydrogen (secondary N) is 4. The number of rotatable bonds is 9. The molecule has 2 amide bonds. The molecule has 2 heterocycles. The Balaban J connectivity index is 1.29. The molecule has 0 fully saturated rings. The van der Waals surface area contributed by atoms with Gasteiger partial charge in [0.05, 0.1) is 11.3 Å². The summed E-state index contributed by atoms with van der Waals surface area (Å²) in [5.74, 6) is -4.07. The number of hydrogen-bond acceptors (Lipinski definition) is 5. The highest BCUT2D eigenvalue weighted by atomic mass is 19.2. The Hall–Kier alpha value is -4.51. The third-order valence-electron chi connectivity index (χ3n) is 5.42. The summed E-state index contributed by atoms with van der Waals surface area (Å²) in [4.78, 5) is 35.1. The van der Waals surface area contributed by atoms with Crippen LogP contribution >= 0.6 is 0 Å². The van der Waals surface area contributed by atoms with Crippen molar-refractivity contribution in [3.05, 3.63) is 106 Å². The lowest BCUT2D eigenvalue weighted by atomic mass is 10.1. The first kappa shape index (κ1) is 25.6. The minimum atomic E-state index is -1.38. The van der Waals surface area contributed by atoms with E-state index in [1.54, 1.807) is 18.3 Å². The zero-order valence-corrected chi connectivity index (χ0v) is 19.5. The van der Waals surface area contributed by atoms with Gasteiger partial charge in [0.15, 0.2) is 11.6 Å². The summed E-state index contributed by atoms with van der Waals surface area (Å²) in [5, 5.41) is 7.63. The van der Waals surface area contributed by atoms with Gasteiger partial charge < -0.3 is 15.6 Å². The smallest absolute Gasteiger partial charge is 0.326 e. The Bertz CT molecular complexity index is 1430. The molecule has 0 bridgehead atoms. The van der Waals surface area contributed by atoms with Crippen LogP contribution in [-0.2, 0) is 13.0 Å². The van der Waals surface area contributed by atoms with Crippen LogP contribution in [0.4, 0.5) is 29.6 Å². The van der Waals surface area contributed by atoms with E-state index >= 15 is 0 Å². The number of pyridine rings is 1. The van der Waals surface area contributed by atoms with Crippen LogP contribution in [0.5, 0.6) is 0 Å². The van der Waals surface area contributed by atoms with Crippen molar-refractivity contribution >= 4 is 17.7 Å². The molecular weight excluding hydrogens is 485 g/mol. The van der Waals surface area contributed by atoms with Gasteiger partial charge in [-0.3, -0.25) is 15.1 Å². The zero-order chi connectivity index (χ0) is 26.2. The van der Waals surface area contributed by atoms with Crippen molar-refractivity contribution in [2.45, 2.75) is 19.4 Å². The number of anilines is 2. The molecule has 0 spiro atoms. The van der Waals surface area contributed by atoms with Crippen LogP contribution < -0.4 is 21.5 Å². The molecule has 4 N–H and O–H groups in total. The summed E-state index contributed by atoms with van der Waals surface area (Å²) in [6.45, 7) is 1.53. The van der Waals surface area contributed by atoms with Crippen molar-refractivity contribution in [2.24, 2.45) is 0 Å². The summed E-state index contributed by atoms with van der Waals surface area (Å²) in [6, 6.07) is 11.2. The van der Waals surface area contributed by atoms with Crippen molar-refractivity contribution in [3.63, 3.8) is 0 Å². The molecule has 0 atom stereocenters. The van der Waals surface area contributed by atoms with E-state index in [1.165, 1.54) is 11.8 Å². The summed E-state index contributed by atoms with van der Waals surface area (Å²) in [6.07, 6.45) is 6.94. The van der Waals surface area contributed by atoms with E-state index in [0.29, 0.717) is 24.2 Å². The van der Waals surface area contributed by atoms with Crippen LogP contribution in [0.25, 0.3) is 11.1 Å². The summed E-state index contributed by atoms with van der Waals surface area (Å²) >= 11 is 0. The standard InChI is InChI=1S/C26H23F3N6O2/c27-20-11-22(29)23(12-21(20)28)33-26(37)35-25-32-15-19(24(36)34-25)18-7-5-17(6-8-18)14-31-10-2-4-16-3-1-9-30-13-16/h1,3,5-9,11-13,15,31H,2,4,10,14H2,(H3,32,33,34,35,36,37). The van der Waals surface area contributed by atoms with Gasteiger partial charge in [-0.1, -0.05) is 30.3 Å². The van der Waals surface area contributed by atoms with Crippen molar-refractivity contribution in [2.75, 3.05) is 17.2 Å². The van der Waals surface area contributed by atoms with Crippen LogP contribution in [0.1, 0.15) is 17.5 Å². The molecule has 11 heteroatoms. The maximum absolute atomic E-state index is 13.7. The first-order valence-corrected chi connectivity index (χ1v) is 11.4. The normalized spacial score (nSPS) is 10.8. The summed E-state index contributed by atoms with van der Waals surface area (Å²) in [5.41, 5.74) is 2.00. The van der Waals surface area contributed by atoms with Crippen LogP contribution in [0.15, 0.2) is 71.9 Å². The number of halogens is 3. The predicted molar refractivity (Wildman–Crippen MR) is 134 cm³/mol. The van der Waals surface area contributed by atoms with Crippen molar-refractivity contribution in [1.29, 1.82) is 0 Å². The Morgan fingerprint density at radius 2 is 1.73 bits per heavy atom. The van der Waals surface area contributed by atoms with Gasteiger partial charge in [-0.25, -0.2) is 18.0 Å². The minimum absolute atomic E-state index is 0.207. The van der Waals surface area contributed by atoms with Gasteiger partial charge in [-0.05, 0) is 42.1 Å². The molecule has 2 aromatic carbocycles. The van der Waals surface area contributed by atoms with Crippen LogP contribution in [0.3, 0.4) is 0 Å². The second-order valence-electron chi connectivity index (χ2n) is 8.13. The van der Waals surface area contributed by atoms with Gasteiger partial charge in [-0.2, -0.15) is 4.98 Å². The SMILES string of the molecule is O=C(Nc1nc(=O)c(-c2ccc(CNCCCc3cccnc3)cc2)c[nH]1)Nc1cc(F)c(F)cc1F. The van der Waals surface area contributed by atoms with Crippen LogP contribution in [-0.4, -0.2) is 27.5 Å². The van der Waals surface area contributed by atoms with Gasteiger partial charge in [0.2, 0.25) is 5.95 Å². The Morgan fingerprint density at radius 1 is 0.946 bits per heavy atom. The molecule has 4 aromatic rings. The Kier molecular flexibility index (Phi) is 8.26. The maximum Gasteiger partial charge on any atom is 0.326 e. The predicted octanol–water partition coefficient (Wildman–Crippen LogP) is 4.62. The molecule has 0 radical (unpaired) electrons. The van der Waals surface area contributed by atoms with Gasteiger partial charge in [0, 0.05) is 37.3 Å². The lowest BCUT2D eigenvalue weighted by Crippen LogP contribution is -2.24. The van der Waals surface area contributed by atoms with E-state index in [9.17, 15) is 22.8 Å². The molecule has 8 nitrogen and oxygen atoms in total. The Labute approximate surface area is 210 Å². The third-order valence-corrected chi connectivity index (χ3v) is 5.42. The summed E-state index contributed by atoms with van der Waals surface area (Å²) in [7, 11) is 0. The van der Waals surface area contributed by atoms with Crippen molar-refractivity contribution in [1.82, 2.24) is 20.3 Å². The molecule has 0 saturated heterocycles. The minimum Gasteiger partial charge on any atom is -0.331 e. The molecule has 0 aliphatic carbocycles. The van der Waals surface area contributed by atoms with E-state index in [1.807, 2.05) is 29.7 Å². The number of aryl methyl sites for hydroxylation is 1. The van der Waals surface area contributed by atoms with E-state index in [4.69, 9.17) is 0 Å². The third kappa shape index (κ3) is 7.01. The number of urea groups is 1. The number of nitrogens with zero attached hydrogens (tertiary/aromatic N) is 2. The highest BCUT2D eigenvalue weighted by molar-refractivity contribution is 5.98. The number of amides is 2. The average Bonchev–Trinajstić information content (AvgIpc) is 2.88. The number of carbonyl (C=O) groups excluding carboxylic acids is 1. The monoisotopic (exact) mass is 508 g/mol. The van der Waals surface area contributed by atoms with E-state index < -0.39 is 34.7 Å². The first-order valence-electron chi connectivity index (χ1n) is 11.4. The van der Waals surface area contributed by atoms with Crippen molar-refractivity contribution in [3.8, 4) is 11.1 Å². The number of H-pyrrole nitrogens is 1. The largest absolute Gasteiger partial charge is 0.331 e. The average molecular weight is 509 g/mol. The summed E-state index contributed by atoms with van der Waals surface area (Å²) < 4.78 is 40.0. The topological polar surface area (TPSA) is 112 Å². The number of aromatic nitrogens is 3. The van der Waals surface area contributed by atoms with E-state index in [2.05, 4.69) is 31.7 Å². The fourth-order valence-electron chi connectivity index (χ4n) is 3.55. The second-order valence-corrected chi connectivity index (χ2v) is 8.13. The molecule has 190 valence electrons. The van der Waals surface area contributed by atoms with E-state index in [0.717, 1.165) is 24.9 Å². The maximum atomic E-state index is 13.7. The quantitative estimate of drug-likeness (QED) is 0.195. The second kappa shape index (κ2) is 12.0.